The fraction of sp³-hybridized carbons (Fsp3) is 0.100. The fourth-order valence-electron chi connectivity index (χ4n) is 1.13. The summed E-state index contributed by atoms with van der Waals surface area (Å²) in [6, 6.07) is 5.25. The van der Waals surface area contributed by atoms with Crippen molar-refractivity contribution >= 4 is 22.4 Å². The molecule has 0 unspecified atom stereocenters. The Labute approximate surface area is 91.2 Å². The second kappa shape index (κ2) is 4.18. The zero-order valence-electron chi connectivity index (χ0n) is 8.12. The van der Waals surface area contributed by atoms with Gasteiger partial charge in [0.15, 0.2) is 5.13 Å². The minimum absolute atomic E-state index is 0.148. The second-order valence-corrected chi connectivity index (χ2v) is 3.77. The van der Waals surface area contributed by atoms with Gasteiger partial charge in [-0.15, -0.1) is 11.3 Å². The van der Waals surface area contributed by atoms with Crippen LogP contribution in [0.4, 0.5) is 5.13 Å². The number of carbonyl (C=O) groups excluding carboxylic acids is 1. The first kappa shape index (κ1) is 9.79. The van der Waals surface area contributed by atoms with Crippen LogP contribution in [-0.2, 0) is 0 Å². The van der Waals surface area contributed by atoms with E-state index in [1.165, 1.54) is 16.2 Å². The molecule has 0 aliphatic carbocycles. The largest absolute Gasteiger partial charge is 0.286 e. The smallest absolute Gasteiger partial charge is 0.278 e. The van der Waals surface area contributed by atoms with Crippen LogP contribution in [0.3, 0.4) is 0 Å². The summed E-state index contributed by atoms with van der Waals surface area (Å²) in [5.74, 6) is -0.148. The van der Waals surface area contributed by atoms with Crippen molar-refractivity contribution in [2.75, 3.05) is 11.9 Å². The third-order valence-corrected chi connectivity index (χ3v) is 2.74. The average molecular weight is 219 g/mol. The van der Waals surface area contributed by atoms with Crippen LogP contribution < -0.4 is 4.90 Å². The van der Waals surface area contributed by atoms with Crippen LogP contribution in [0, 0.1) is 0 Å². The highest BCUT2D eigenvalue weighted by Crippen LogP contribution is 2.17. The highest BCUT2D eigenvalue weighted by Gasteiger charge is 2.15. The molecule has 0 spiro atoms. The molecule has 0 radical (unpaired) electrons. The Kier molecular flexibility index (Phi) is 2.73. The number of rotatable bonds is 2. The summed E-state index contributed by atoms with van der Waals surface area (Å²) in [5, 5.41) is 2.50. The van der Waals surface area contributed by atoms with Gasteiger partial charge in [0.2, 0.25) is 0 Å². The van der Waals surface area contributed by atoms with Crippen molar-refractivity contribution in [3.63, 3.8) is 0 Å². The van der Waals surface area contributed by atoms with Crippen LogP contribution >= 0.6 is 11.3 Å². The van der Waals surface area contributed by atoms with Crippen LogP contribution in [0.1, 0.15) is 10.5 Å². The Bertz CT molecular complexity index is 441. The van der Waals surface area contributed by atoms with Crippen molar-refractivity contribution in [2.45, 2.75) is 0 Å². The number of pyridine rings is 1. The molecular weight excluding hydrogens is 210 g/mol. The summed E-state index contributed by atoms with van der Waals surface area (Å²) in [4.78, 5) is 21.4. The van der Waals surface area contributed by atoms with Gasteiger partial charge in [-0.1, -0.05) is 6.07 Å². The van der Waals surface area contributed by atoms with Gasteiger partial charge in [-0.3, -0.25) is 14.7 Å². The third-order valence-electron chi connectivity index (χ3n) is 1.89. The normalized spacial score (nSPS) is 9.93. The van der Waals surface area contributed by atoms with E-state index >= 15 is 0 Å². The molecule has 0 aromatic carbocycles. The second-order valence-electron chi connectivity index (χ2n) is 2.89. The topological polar surface area (TPSA) is 46.1 Å². The summed E-state index contributed by atoms with van der Waals surface area (Å²) in [7, 11) is 1.69. The van der Waals surface area contributed by atoms with Crippen molar-refractivity contribution in [2.24, 2.45) is 0 Å². The maximum Gasteiger partial charge on any atom is 0.278 e. The molecule has 2 heterocycles. The minimum Gasteiger partial charge on any atom is -0.286 e. The molecule has 76 valence electrons. The molecule has 2 aromatic rings. The molecule has 2 aromatic heterocycles. The van der Waals surface area contributed by atoms with Crippen molar-refractivity contribution in [1.82, 2.24) is 9.97 Å². The summed E-state index contributed by atoms with van der Waals surface area (Å²) < 4.78 is 0. The van der Waals surface area contributed by atoms with Crippen LogP contribution in [0.5, 0.6) is 0 Å². The Morgan fingerprint density at radius 3 is 2.80 bits per heavy atom. The van der Waals surface area contributed by atoms with Gasteiger partial charge in [-0.25, -0.2) is 4.98 Å². The molecule has 0 saturated heterocycles. The van der Waals surface area contributed by atoms with Crippen molar-refractivity contribution in [3.8, 4) is 0 Å². The van der Waals surface area contributed by atoms with Crippen LogP contribution in [0.2, 0.25) is 0 Å². The van der Waals surface area contributed by atoms with E-state index in [4.69, 9.17) is 0 Å². The van der Waals surface area contributed by atoms with Gasteiger partial charge < -0.3 is 0 Å². The summed E-state index contributed by atoms with van der Waals surface area (Å²) >= 11 is 1.42. The molecule has 0 saturated carbocycles. The highest BCUT2D eigenvalue weighted by atomic mass is 32.1. The van der Waals surface area contributed by atoms with E-state index in [-0.39, 0.29) is 5.91 Å². The first-order valence-corrected chi connectivity index (χ1v) is 5.25. The lowest BCUT2D eigenvalue weighted by molar-refractivity contribution is 0.0988. The van der Waals surface area contributed by atoms with E-state index in [9.17, 15) is 4.79 Å². The molecule has 5 heteroatoms. The van der Waals surface area contributed by atoms with E-state index in [1.54, 1.807) is 37.6 Å². The Morgan fingerprint density at radius 2 is 2.20 bits per heavy atom. The van der Waals surface area contributed by atoms with Gasteiger partial charge in [-0.05, 0) is 12.1 Å². The Balaban J connectivity index is 2.23. The number of hydrogen-bond donors (Lipinski definition) is 0. The van der Waals surface area contributed by atoms with Crippen molar-refractivity contribution in [3.05, 3.63) is 41.7 Å². The average Bonchev–Trinajstić information content (AvgIpc) is 2.82. The highest BCUT2D eigenvalue weighted by molar-refractivity contribution is 7.13. The fourth-order valence-corrected chi connectivity index (χ4v) is 1.74. The lowest BCUT2D eigenvalue weighted by atomic mass is 10.3. The van der Waals surface area contributed by atoms with Gasteiger partial charge in [0, 0.05) is 24.8 Å². The molecule has 0 N–H and O–H groups in total. The summed E-state index contributed by atoms with van der Waals surface area (Å²) in [5.41, 5.74) is 0.426. The van der Waals surface area contributed by atoms with E-state index < -0.39 is 0 Å². The number of aromatic nitrogens is 2. The molecule has 15 heavy (non-hydrogen) atoms. The molecule has 0 fully saturated rings. The SMILES string of the molecule is CN(C(=O)c1ccccn1)c1nccs1. The summed E-state index contributed by atoms with van der Waals surface area (Å²) in [6.45, 7) is 0. The van der Waals surface area contributed by atoms with Crippen LogP contribution in [-0.4, -0.2) is 22.9 Å². The number of carbonyl (C=O) groups is 1. The van der Waals surface area contributed by atoms with Gasteiger partial charge in [0.25, 0.3) is 5.91 Å². The maximum absolute atomic E-state index is 11.9. The Hall–Kier alpha value is -1.75. The van der Waals surface area contributed by atoms with Gasteiger partial charge in [-0.2, -0.15) is 0 Å². The van der Waals surface area contributed by atoms with Crippen LogP contribution in [0.25, 0.3) is 0 Å². The van der Waals surface area contributed by atoms with Crippen molar-refractivity contribution < 1.29 is 4.79 Å². The number of hydrogen-bond acceptors (Lipinski definition) is 4. The standard InChI is InChI=1S/C10H9N3OS/c1-13(10-12-6-7-15-10)9(14)8-4-2-3-5-11-8/h2-7H,1H3. The molecule has 0 aliphatic rings. The monoisotopic (exact) mass is 219 g/mol. The number of anilines is 1. The number of nitrogens with zero attached hydrogens (tertiary/aromatic N) is 3. The number of thiazole rings is 1. The maximum atomic E-state index is 11.9. The van der Waals surface area contributed by atoms with Gasteiger partial charge in [0.1, 0.15) is 5.69 Å². The molecule has 0 atom stereocenters. The van der Waals surface area contributed by atoms with Crippen LogP contribution in [0.15, 0.2) is 36.0 Å². The van der Waals surface area contributed by atoms with Crippen molar-refractivity contribution in [1.29, 1.82) is 0 Å². The predicted octanol–water partition coefficient (Wildman–Crippen LogP) is 1.81. The first-order valence-electron chi connectivity index (χ1n) is 4.37. The number of amides is 1. The summed E-state index contributed by atoms with van der Waals surface area (Å²) in [6.07, 6.45) is 3.27. The quantitative estimate of drug-likeness (QED) is 0.774. The van der Waals surface area contributed by atoms with Gasteiger partial charge in [0.05, 0.1) is 0 Å². The first-order chi connectivity index (χ1) is 7.29. The lowest BCUT2D eigenvalue weighted by Crippen LogP contribution is -2.26. The zero-order chi connectivity index (χ0) is 10.7. The Morgan fingerprint density at radius 1 is 1.33 bits per heavy atom. The van der Waals surface area contributed by atoms with E-state index in [2.05, 4.69) is 9.97 Å². The molecule has 4 nitrogen and oxygen atoms in total. The van der Waals surface area contributed by atoms with Gasteiger partial charge >= 0.3 is 0 Å². The third kappa shape index (κ3) is 2.02. The lowest BCUT2D eigenvalue weighted by Gasteiger charge is -2.12. The predicted molar refractivity (Wildman–Crippen MR) is 59.1 cm³/mol. The van der Waals surface area contributed by atoms with E-state index in [0.717, 1.165) is 0 Å². The van der Waals surface area contributed by atoms with E-state index in [1.807, 2.05) is 5.38 Å². The molecule has 2 rings (SSSR count). The molecular formula is C10H9N3OS. The minimum atomic E-state index is -0.148. The molecule has 0 aliphatic heterocycles. The zero-order valence-corrected chi connectivity index (χ0v) is 8.94. The van der Waals surface area contributed by atoms with E-state index in [0.29, 0.717) is 10.8 Å². The molecule has 1 amide bonds. The molecule has 0 bridgehead atoms.